The summed E-state index contributed by atoms with van der Waals surface area (Å²) in [6.07, 6.45) is 4.08. The van der Waals surface area contributed by atoms with Crippen molar-refractivity contribution in [3.63, 3.8) is 0 Å². The number of rotatable bonds is 4. The maximum absolute atomic E-state index is 12.1. The Morgan fingerprint density at radius 3 is 2.67 bits per heavy atom. The van der Waals surface area contributed by atoms with Gasteiger partial charge in [0.15, 0.2) is 0 Å². The molecule has 1 aromatic rings. The van der Waals surface area contributed by atoms with Gasteiger partial charge < -0.3 is 10.6 Å². The summed E-state index contributed by atoms with van der Waals surface area (Å²) < 4.78 is 0. The monoisotopic (exact) mass is 249 g/mol. The molecular weight excluding hydrogens is 230 g/mol. The van der Waals surface area contributed by atoms with Crippen LogP contribution in [0.4, 0.5) is 0 Å². The summed E-state index contributed by atoms with van der Waals surface area (Å²) in [5.41, 5.74) is 6.10. The number of carbonyl (C=O) groups excluding carboxylic acids is 1. The first-order chi connectivity index (χ1) is 8.81. The lowest BCUT2D eigenvalue weighted by Gasteiger charge is -2.34. The van der Waals surface area contributed by atoms with Crippen LogP contribution in [0.2, 0.25) is 0 Å². The summed E-state index contributed by atoms with van der Waals surface area (Å²) in [5.74, 6) is 0.0448. The van der Waals surface area contributed by atoms with Crippen molar-refractivity contribution in [3.8, 4) is 0 Å². The van der Waals surface area contributed by atoms with Gasteiger partial charge in [0.2, 0.25) is 0 Å². The number of hydrogen-bond donors (Lipinski definition) is 1. The molecule has 1 aliphatic heterocycles. The molecule has 98 valence electrons. The maximum Gasteiger partial charge on any atom is 0.255 e. The van der Waals surface area contributed by atoms with Gasteiger partial charge in [-0.1, -0.05) is 0 Å². The Balaban J connectivity index is 1.84. The Kier molecular flexibility index (Phi) is 4.60. The highest BCUT2D eigenvalue weighted by Gasteiger charge is 2.21. The summed E-state index contributed by atoms with van der Waals surface area (Å²) in [6, 6.07) is 1.70. The van der Waals surface area contributed by atoms with Crippen molar-refractivity contribution < 1.29 is 4.79 Å². The minimum absolute atomic E-state index is 0.0448. The largest absolute Gasteiger partial charge is 0.336 e. The van der Waals surface area contributed by atoms with Gasteiger partial charge in [-0.05, 0) is 25.6 Å². The molecule has 0 aliphatic carbocycles. The molecular formula is C12H19N5O. The zero-order valence-electron chi connectivity index (χ0n) is 10.5. The van der Waals surface area contributed by atoms with Crippen LogP contribution in [0.5, 0.6) is 0 Å². The van der Waals surface area contributed by atoms with Gasteiger partial charge in [0.1, 0.15) is 0 Å². The zero-order valence-corrected chi connectivity index (χ0v) is 10.5. The Morgan fingerprint density at radius 2 is 2.06 bits per heavy atom. The van der Waals surface area contributed by atoms with E-state index in [1.165, 1.54) is 6.20 Å². The van der Waals surface area contributed by atoms with E-state index >= 15 is 0 Å². The van der Waals surface area contributed by atoms with E-state index in [9.17, 15) is 4.79 Å². The quantitative estimate of drug-likeness (QED) is 0.784. The predicted molar refractivity (Wildman–Crippen MR) is 68.0 cm³/mol. The van der Waals surface area contributed by atoms with E-state index in [2.05, 4.69) is 15.1 Å². The topological polar surface area (TPSA) is 75.3 Å². The Morgan fingerprint density at radius 1 is 1.28 bits per heavy atom. The Bertz CT molecular complexity index is 375. The van der Waals surface area contributed by atoms with Gasteiger partial charge in [-0.3, -0.25) is 9.69 Å². The van der Waals surface area contributed by atoms with Gasteiger partial charge >= 0.3 is 0 Å². The van der Waals surface area contributed by atoms with Crippen molar-refractivity contribution >= 4 is 5.91 Å². The summed E-state index contributed by atoms with van der Waals surface area (Å²) in [7, 11) is 0. The van der Waals surface area contributed by atoms with Crippen molar-refractivity contribution in [2.24, 2.45) is 5.73 Å². The standard InChI is InChI=1S/C12H19N5O/c13-3-1-5-16-6-8-17(9-7-16)12(18)11-2-4-14-15-10-11/h2,4,10H,1,3,5-9,13H2. The van der Waals surface area contributed by atoms with Gasteiger partial charge in [0.05, 0.1) is 18.0 Å². The summed E-state index contributed by atoms with van der Waals surface area (Å²) >= 11 is 0. The summed E-state index contributed by atoms with van der Waals surface area (Å²) in [5, 5.41) is 7.41. The van der Waals surface area contributed by atoms with Crippen molar-refractivity contribution in [1.29, 1.82) is 0 Å². The molecule has 0 unspecified atom stereocenters. The first-order valence-electron chi connectivity index (χ1n) is 6.29. The van der Waals surface area contributed by atoms with Crippen LogP contribution >= 0.6 is 0 Å². The number of nitrogens with zero attached hydrogens (tertiary/aromatic N) is 4. The number of amides is 1. The first kappa shape index (κ1) is 12.9. The predicted octanol–water partition coefficient (Wildman–Crippen LogP) is -0.417. The molecule has 1 fully saturated rings. The second-order valence-electron chi connectivity index (χ2n) is 4.41. The molecule has 0 radical (unpaired) electrons. The molecule has 2 heterocycles. The van der Waals surface area contributed by atoms with E-state index in [-0.39, 0.29) is 5.91 Å². The van der Waals surface area contributed by atoms with Crippen molar-refractivity contribution in [2.75, 3.05) is 39.3 Å². The van der Waals surface area contributed by atoms with E-state index in [4.69, 9.17) is 5.73 Å². The van der Waals surface area contributed by atoms with E-state index in [1.807, 2.05) is 4.90 Å². The lowest BCUT2D eigenvalue weighted by molar-refractivity contribution is 0.0636. The summed E-state index contributed by atoms with van der Waals surface area (Å²) in [6.45, 7) is 5.13. The van der Waals surface area contributed by atoms with Crippen LogP contribution in [0.25, 0.3) is 0 Å². The lowest BCUT2D eigenvalue weighted by atomic mass is 10.2. The lowest BCUT2D eigenvalue weighted by Crippen LogP contribution is -2.49. The third-order valence-corrected chi connectivity index (χ3v) is 3.17. The van der Waals surface area contributed by atoms with Crippen LogP contribution in [0.3, 0.4) is 0 Å². The van der Waals surface area contributed by atoms with Crippen molar-refractivity contribution in [3.05, 3.63) is 24.0 Å². The average Bonchev–Trinajstić information content (AvgIpc) is 2.46. The van der Waals surface area contributed by atoms with Crippen molar-refractivity contribution in [2.45, 2.75) is 6.42 Å². The minimum atomic E-state index is 0.0448. The molecule has 0 atom stereocenters. The fourth-order valence-corrected chi connectivity index (χ4v) is 2.09. The molecule has 1 aliphatic rings. The van der Waals surface area contributed by atoms with E-state index < -0.39 is 0 Å². The van der Waals surface area contributed by atoms with Crippen LogP contribution in [0, 0.1) is 0 Å². The maximum atomic E-state index is 12.1. The van der Waals surface area contributed by atoms with Gasteiger partial charge in [0.25, 0.3) is 5.91 Å². The van der Waals surface area contributed by atoms with E-state index in [0.29, 0.717) is 5.56 Å². The highest BCUT2D eigenvalue weighted by molar-refractivity contribution is 5.93. The molecule has 0 saturated carbocycles. The molecule has 18 heavy (non-hydrogen) atoms. The zero-order chi connectivity index (χ0) is 12.8. The molecule has 2 rings (SSSR count). The Labute approximate surface area is 107 Å². The second kappa shape index (κ2) is 6.42. The molecule has 6 nitrogen and oxygen atoms in total. The molecule has 1 amide bonds. The molecule has 2 N–H and O–H groups in total. The molecule has 6 heteroatoms. The van der Waals surface area contributed by atoms with Gasteiger partial charge in [-0.25, -0.2) is 0 Å². The van der Waals surface area contributed by atoms with Crippen LogP contribution in [0.15, 0.2) is 18.5 Å². The van der Waals surface area contributed by atoms with E-state index in [0.717, 1.165) is 45.7 Å². The number of aromatic nitrogens is 2. The fourth-order valence-electron chi connectivity index (χ4n) is 2.09. The number of piperazine rings is 1. The molecule has 0 bridgehead atoms. The summed E-state index contributed by atoms with van der Waals surface area (Å²) in [4.78, 5) is 16.4. The smallest absolute Gasteiger partial charge is 0.255 e. The van der Waals surface area contributed by atoms with Gasteiger partial charge in [0, 0.05) is 26.2 Å². The Hall–Kier alpha value is -1.53. The van der Waals surface area contributed by atoms with Crippen molar-refractivity contribution in [1.82, 2.24) is 20.0 Å². The van der Waals surface area contributed by atoms with Gasteiger partial charge in [-0.15, -0.1) is 0 Å². The number of nitrogens with two attached hydrogens (primary N) is 1. The molecule has 0 spiro atoms. The SMILES string of the molecule is NCCCN1CCN(C(=O)c2ccnnc2)CC1. The third kappa shape index (κ3) is 3.24. The fraction of sp³-hybridized carbons (Fsp3) is 0.583. The first-order valence-corrected chi connectivity index (χ1v) is 6.29. The van der Waals surface area contributed by atoms with Crippen LogP contribution < -0.4 is 5.73 Å². The molecule has 1 saturated heterocycles. The minimum Gasteiger partial charge on any atom is -0.336 e. The number of hydrogen-bond acceptors (Lipinski definition) is 5. The highest BCUT2D eigenvalue weighted by Crippen LogP contribution is 2.07. The highest BCUT2D eigenvalue weighted by atomic mass is 16.2. The molecule has 1 aromatic heterocycles. The number of carbonyl (C=O) groups is 1. The van der Waals surface area contributed by atoms with Crippen LogP contribution in [-0.2, 0) is 0 Å². The second-order valence-corrected chi connectivity index (χ2v) is 4.41. The normalized spacial score (nSPS) is 16.8. The van der Waals surface area contributed by atoms with Gasteiger partial charge in [-0.2, -0.15) is 10.2 Å². The average molecular weight is 249 g/mol. The van der Waals surface area contributed by atoms with Crippen LogP contribution in [-0.4, -0.2) is 65.2 Å². The van der Waals surface area contributed by atoms with Crippen LogP contribution in [0.1, 0.15) is 16.8 Å². The third-order valence-electron chi connectivity index (χ3n) is 3.17. The molecule has 0 aromatic carbocycles. The van der Waals surface area contributed by atoms with E-state index in [1.54, 1.807) is 12.3 Å².